The van der Waals surface area contributed by atoms with E-state index in [1.807, 2.05) is 11.8 Å². The highest BCUT2D eigenvalue weighted by molar-refractivity contribution is 5.81. The summed E-state index contributed by atoms with van der Waals surface area (Å²) in [6, 6.07) is 0. The number of methoxy groups -OCH3 is 1. The summed E-state index contributed by atoms with van der Waals surface area (Å²) in [4.78, 5) is 24.0. The SMILES string of the molecule is COC(=O)CN1CCC(C)(C(N)=O)C1. The van der Waals surface area contributed by atoms with Gasteiger partial charge in [-0.05, 0) is 19.9 Å². The smallest absolute Gasteiger partial charge is 0.319 e. The lowest BCUT2D eigenvalue weighted by molar-refractivity contribution is -0.142. The highest BCUT2D eigenvalue weighted by atomic mass is 16.5. The third-order valence-corrected chi connectivity index (χ3v) is 2.73. The van der Waals surface area contributed by atoms with Crippen LogP contribution in [0.1, 0.15) is 13.3 Å². The van der Waals surface area contributed by atoms with E-state index in [1.165, 1.54) is 7.11 Å². The Morgan fingerprint density at radius 3 is 2.64 bits per heavy atom. The molecule has 5 heteroatoms. The fourth-order valence-corrected chi connectivity index (χ4v) is 1.64. The van der Waals surface area contributed by atoms with Gasteiger partial charge in [-0.25, -0.2) is 0 Å². The number of likely N-dealkylation sites (tertiary alicyclic amines) is 1. The van der Waals surface area contributed by atoms with Crippen molar-refractivity contribution in [3.8, 4) is 0 Å². The highest BCUT2D eigenvalue weighted by Crippen LogP contribution is 2.28. The fourth-order valence-electron chi connectivity index (χ4n) is 1.64. The zero-order valence-corrected chi connectivity index (χ0v) is 8.58. The number of ether oxygens (including phenoxy) is 1. The van der Waals surface area contributed by atoms with Gasteiger partial charge in [-0.15, -0.1) is 0 Å². The molecule has 1 rings (SSSR count). The van der Waals surface area contributed by atoms with Crippen LogP contribution in [0.4, 0.5) is 0 Å². The molecule has 0 radical (unpaired) electrons. The van der Waals surface area contributed by atoms with Crippen molar-refractivity contribution in [1.82, 2.24) is 4.90 Å². The van der Waals surface area contributed by atoms with E-state index >= 15 is 0 Å². The molecule has 1 aliphatic heterocycles. The van der Waals surface area contributed by atoms with Gasteiger partial charge in [0, 0.05) is 6.54 Å². The van der Waals surface area contributed by atoms with Gasteiger partial charge in [0.25, 0.3) is 0 Å². The minimum atomic E-state index is -0.492. The van der Waals surface area contributed by atoms with Crippen LogP contribution in [0.5, 0.6) is 0 Å². The van der Waals surface area contributed by atoms with Crippen LogP contribution in [0.3, 0.4) is 0 Å². The third kappa shape index (κ3) is 2.23. The molecule has 0 aromatic heterocycles. The summed E-state index contributed by atoms with van der Waals surface area (Å²) in [6.45, 7) is 3.32. The Labute approximate surface area is 83.2 Å². The minimum absolute atomic E-state index is 0.235. The Bertz CT molecular complexity index is 254. The predicted molar refractivity (Wildman–Crippen MR) is 50.4 cm³/mol. The number of hydrogen-bond acceptors (Lipinski definition) is 4. The molecule has 1 atom stereocenters. The van der Waals surface area contributed by atoms with Gasteiger partial charge in [0.15, 0.2) is 0 Å². The van der Waals surface area contributed by atoms with E-state index in [1.54, 1.807) is 0 Å². The Balaban J connectivity index is 2.49. The summed E-state index contributed by atoms with van der Waals surface area (Å²) in [5.74, 6) is -0.580. The second-order valence-corrected chi connectivity index (χ2v) is 3.96. The molecule has 1 aliphatic rings. The average Bonchev–Trinajstić information content (AvgIpc) is 2.49. The first-order valence-electron chi connectivity index (χ1n) is 4.57. The normalized spacial score (nSPS) is 27.6. The maximum absolute atomic E-state index is 11.1. The Morgan fingerprint density at radius 1 is 1.57 bits per heavy atom. The number of nitrogens with zero attached hydrogens (tertiary/aromatic N) is 1. The topological polar surface area (TPSA) is 72.6 Å². The third-order valence-electron chi connectivity index (χ3n) is 2.73. The van der Waals surface area contributed by atoms with Gasteiger partial charge >= 0.3 is 5.97 Å². The molecule has 1 amide bonds. The van der Waals surface area contributed by atoms with Crippen LogP contribution >= 0.6 is 0 Å². The van der Waals surface area contributed by atoms with Crippen molar-refractivity contribution in [2.45, 2.75) is 13.3 Å². The van der Waals surface area contributed by atoms with Crippen molar-refractivity contribution in [1.29, 1.82) is 0 Å². The van der Waals surface area contributed by atoms with E-state index in [2.05, 4.69) is 4.74 Å². The maximum Gasteiger partial charge on any atom is 0.319 e. The minimum Gasteiger partial charge on any atom is -0.468 e. The molecule has 0 aliphatic carbocycles. The second kappa shape index (κ2) is 3.96. The molecule has 0 aromatic rings. The molecule has 80 valence electrons. The molecule has 0 saturated carbocycles. The van der Waals surface area contributed by atoms with Crippen LogP contribution in [-0.2, 0) is 14.3 Å². The number of nitrogens with two attached hydrogens (primary N) is 1. The number of hydrogen-bond donors (Lipinski definition) is 1. The van der Waals surface area contributed by atoms with Crippen LogP contribution in [0.15, 0.2) is 0 Å². The van der Waals surface area contributed by atoms with E-state index in [-0.39, 0.29) is 18.4 Å². The van der Waals surface area contributed by atoms with E-state index in [0.29, 0.717) is 19.5 Å². The average molecular weight is 200 g/mol. The summed E-state index contributed by atoms with van der Waals surface area (Å²) >= 11 is 0. The van der Waals surface area contributed by atoms with Gasteiger partial charge in [0.2, 0.25) is 5.91 Å². The Morgan fingerprint density at radius 2 is 2.21 bits per heavy atom. The highest BCUT2D eigenvalue weighted by Gasteiger charge is 2.39. The van der Waals surface area contributed by atoms with Gasteiger partial charge in [-0.2, -0.15) is 0 Å². The van der Waals surface area contributed by atoms with Crippen molar-refractivity contribution in [3.63, 3.8) is 0 Å². The molecule has 0 spiro atoms. The lowest BCUT2D eigenvalue weighted by Crippen LogP contribution is -2.38. The standard InChI is InChI=1S/C9H16N2O3/c1-9(8(10)13)3-4-11(6-9)5-7(12)14-2/h3-6H2,1-2H3,(H2,10,13). The Hall–Kier alpha value is -1.10. The molecule has 14 heavy (non-hydrogen) atoms. The van der Waals surface area contributed by atoms with Crippen molar-refractivity contribution >= 4 is 11.9 Å². The van der Waals surface area contributed by atoms with E-state index < -0.39 is 5.41 Å². The molecule has 1 saturated heterocycles. The van der Waals surface area contributed by atoms with Crippen LogP contribution in [0, 0.1) is 5.41 Å². The summed E-state index contributed by atoms with van der Waals surface area (Å²) in [7, 11) is 1.35. The van der Waals surface area contributed by atoms with Gasteiger partial charge in [-0.3, -0.25) is 14.5 Å². The summed E-state index contributed by atoms with van der Waals surface area (Å²) in [6.07, 6.45) is 0.708. The predicted octanol–water partition coefficient (Wildman–Crippen LogP) is -0.643. The van der Waals surface area contributed by atoms with Gasteiger partial charge in [-0.1, -0.05) is 0 Å². The first kappa shape index (κ1) is 11.0. The number of rotatable bonds is 3. The monoisotopic (exact) mass is 200 g/mol. The second-order valence-electron chi connectivity index (χ2n) is 3.96. The molecule has 0 aromatic carbocycles. The first-order valence-corrected chi connectivity index (χ1v) is 4.57. The quantitative estimate of drug-likeness (QED) is 0.615. The lowest BCUT2D eigenvalue weighted by atomic mass is 9.89. The van der Waals surface area contributed by atoms with Crippen molar-refractivity contribution in [2.75, 3.05) is 26.7 Å². The number of primary amides is 1. The Kier molecular flexibility index (Phi) is 3.10. The zero-order chi connectivity index (χ0) is 10.8. The van der Waals surface area contributed by atoms with Gasteiger partial charge in [0.1, 0.15) is 0 Å². The van der Waals surface area contributed by atoms with Gasteiger partial charge < -0.3 is 10.5 Å². The van der Waals surface area contributed by atoms with Crippen molar-refractivity contribution < 1.29 is 14.3 Å². The molecule has 1 fully saturated rings. The molecular weight excluding hydrogens is 184 g/mol. The largest absolute Gasteiger partial charge is 0.468 e. The molecule has 1 heterocycles. The molecule has 5 nitrogen and oxygen atoms in total. The maximum atomic E-state index is 11.1. The number of carbonyl (C=O) groups is 2. The van der Waals surface area contributed by atoms with Gasteiger partial charge in [0.05, 0.1) is 19.1 Å². The van der Waals surface area contributed by atoms with Crippen LogP contribution in [-0.4, -0.2) is 43.5 Å². The van der Waals surface area contributed by atoms with Crippen LogP contribution < -0.4 is 5.73 Å². The molecule has 0 bridgehead atoms. The van der Waals surface area contributed by atoms with Crippen LogP contribution in [0.25, 0.3) is 0 Å². The lowest BCUT2D eigenvalue weighted by Gasteiger charge is -2.20. The summed E-state index contributed by atoms with van der Waals surface area (Å²) < 4.78 is 4.54. The van der Waals surface area contributed by atoms with Crippen LogP contribution in [0.2, 0.25) is 0 Å². The molecule has 2 N–H and O–H groups in total. The van der Waals surface area contributed by atoms with E-state index in [9.17, 15) is 9.59 Å². The summed E-state index contributed by atoms with van der Waals surface area (Å²) in [5.41, 5.74) is 4.78. The number of esters is 1. The van der Waals surface area contributed by atoms with Crippen molar-refractivity contribution in [3.05, 3.63) is 0 Å². The number of carbonyl (C=O) groups excluding carboxylic acids is 2. The number of amides is 1. The van der Waals surface area contributed by atoms with E-state index in [0.717, 1.165) is 0 Å². The molecule has 1 unspecified atom stereocenters. The molecular formula is C9H16N2O3. The zero-order valence-electron chi connectivity index (χ0n) is 8.58. The van der Waals surface area contributed by atoms with Crippen molar-refractivity contribution in [2.24, 2.45) is 11.1 Å². The summed E-state index contributed by atoms with van der Waals surface area (Å²) in [5, 5.41) is 0. The fraction of sp³-hybridized carbons (Fsp3) is 0.778. The first-order chi connectivity index (χ1) is 6.48. The van der Waals surface area contributed by atoms with E-state index in [4.69, 9.17) is 5.73 Å².